The van der Waals surface area contributed by atoms with Crippen LogP contribution in [0.25, 0.3) is 0 Å². The second kappa shape index (κ2) is 5.78. The first-order valence-electron chi connectivity index (χ1n) is 4.85. The number of hydrogen-bond donors (Lipinski definition) is 3. The van der Waals surface area contributed by atoms with Gasteiger partial charge in [0, 0.05) is 24.5 Å². The Kier molecular flexibility index (Phi) is 4.65. The van der Waals surface area contributed by atoms with Gasteiger partial charge in [0.25, 0.3) is 0 Å². The summed E-state index contributed by atoms with van der Waals surface area (Å²) in [6.45, 7) is 11.5. The van der Waals surface area contributed by atoms with Gasteiger partial charge >= 0.3 is 0 Å². The first-order chi connectivity index (χ1) is 7.16. The molecule has 1 aliphatic heterocycles. The van der Waals surface area contributed by atoms with Gasteiger partial charge in [-0.1, -0.05) is 13.2 Å². The number of thiol groups is 1. The Labute approximate surface area is 96.5 Å². The highest BCUT2D eigenvalue weighted by atomic mass is 32.1. The van der Waals surface area contributed by atoms with Gasteiger partial charge in [0.2, 0.25) is 0 Å². The molecular formula is C11H17N3S. The van der Waals surface area contributed by atoms with Gasteiger partial charge in [0.1, 0.15) is 0 Å². The minimum atomic E-state index is 0.734. The molecule has 15 heavy (non-hydrogen) atoms. The zero-order valence-electron chi connectivity index (χ0n) is 9.01. The molecule has 0 aromatic rings. The van der Waals surface area contributed by atoms with E-state index in [1.807, 2.05) is 6.92 Å². The van der Waals surface area contributed by atoms with Crippen molar-refractivity contribution in [1.29, 1.82) is 0 Å². The molecule has 2 N–H and O–H groups in total. The van der Waals surface area contributed by atoms with Gasteiger partial charge < -0.3 is 10.6 Å². The molecule has 1 rings (SSSR count). The highest BCUT2D eigenvalue weighted by Gasteiger charge is 2.10. The van der Waals surface area contributed by atoms with Crippen LogP contribution in [0.5, 0.6) is 0 Å². The van der Waals surface area contributed by atoms with Gasteiger partial charge in [-0.05, 0) is 18.1 Å². The van der Waals surface area contributed by atoms with Crippen LogP contribution >= 0.6 is 12.6 Å². The SMILES string of the molecule is C=C(CNCCS)C1=C(C)C(=C)NC=N1. The van der Waals surface area contributed by atoms with E-state index in [2.05, 4.69) is 41.4 Å². The molecule has 1 heterocycles. The molecule has 1 aliphatic rings. The van der Waals surface area contributed by atoms with Gasteiger partial charge in [0.05, 0.1) is 12.0 Å². The van der Waals surface area contributed by atoms with Crippen molar-refractivity contribution in [2.75, 3.05) is 18.8 Å². The Morgan fingerprint density at radius 3 is 3.07 bits per heavy atom. The maximum Gasteiger partial charge on any atom is 0.0930 e. The zero-order chi connectivity index (χ0) is 11.3. The molecule has 82 valence electrons. The van der Waals surface area contributed by atoms with Crippen molar-refractivity contribution in [2.45, 2.75) is 6.92 Å². The molecule has 0 bridgehead atoms. The van der Waals surface area contributed by atoms with Gasteiger partial charge in [-0.2, -0.15) is 12.6 Å². The minimum Gasteiger partial charge on any atom is -0.347 e. The predicted octanol–water partition coefficient (Wildman–Crippen LogP) is 1.48. The Balaban J connectivity index is 2.62. The Morgan fingerprint density at radius 1 is 1.67 bits per heavy atom. The van der Waals surface area contributed by atoms with Crippen molar-refractivity contribution in [2.24, 2.45) is 4.99 Å². The van der Waals surface area contributed by atoms with Crippen LogP contribution in [0.2, 0.25) is 0 Å². The number of allylic oxidation sites excluding steroid dienone is 1. The van der Waals surface area contributed by atoms with Crippen molar-refractivity contribution in [3.8, 4) is 0 Å². The van der Waals surface area contributed by atoms with Gasteiger partial charge in [0.15, 0.2) is 0 Å². The summed E-state index contributed by atoms with van der Waals surface area (Å²) in [5.74, 6) is 0.822. The lowest BCUT2D eigenvalue weighted by atomic mass is 10.1. The summed E-state index contributed by atoms with van der Waals surface area (Å²) in [6, 6.07) is 0. The highest BCUT2D eigenvalue weighted by molar-refractivity contribution is 7.80. The predicted molar refractivity (Wildman–Crippen MR) is 69.3 cm³/mol. The maximum absolute atomic E-state index is 4.26. The molecule has 0 radical (unpaired) electrons. The van der Waals surface area contributed by atoms with Crippen molar-refractivity contribution < 1.29 is 0 Å². The van der Waals surface area contributed by atoms with E-state index in [9.17, 15) is 0 Å². The lowest BCUT2D eigenvalue weighted by Gasteiger charge is -2.17. The first-order valence-corrected chi connectivity index (χ1v) is 5.49. The van der Waals surface area contributed by atoms with E-state index in [0.717, 1.165) is 41.4 Å². The molecule has 0 aromatic carbocycles. The molecule has 0 aromatic heterocycles. The number of aliphatic imine (C=N–C) groups is 1. The summed E-state index contributed by atoms with van der Waals surface area (Å²) in [6.07, 6.45) is 1.65. The van der Waals surface area contributed by atoms with Crippen LogP contribution in [0.3, 0.4) is 0 Å². The van der Waals surface area contributed by atoms with E-state index in [-0.39, 0.29) is 0 Å². The standard InChI is InChI=1S/C11H17N3S/c1-8(6-12-4-5-15)11-9(2)10(3)13-7-14-11/h7,12,15H,1,3-6H2,2H3,(H,13,14). The van der Waals surface area contributed by atoms with Crippen molar-refractivity contribution >= 4 is 19.0 Å². The van der Waals surface area contributed by atoms with E-state index >= 15 is 0 Å². The van der Waals surface area contributed by atoms with Crippen LogP contribution in [0.1, 0.15) is 6.92 Å². The van der Waals surface area contributed by atoms with E-state index in [0.29, 0.717) is 0 Å². The molecular weight excluding hydrogens is 206 g/mol. The monoisotopic (exact) mass is 223 g/mol. The quantitative estimate of drug-likeness (QED) is 0.488. The average Bonchev–Trinajstić information content (AvgIpc) is 2.22. The maximum atomic E-state index is 4.26. The summed E-state index contributed by atoms with van der Waals surface area (Å²) in [5.41, 5.74) is 3.84. The molecule has 0 aliphatic carbocycles. The molecule has 3 nitrogen and oxygen atoms in total. The van der Waals surface area contributed by atoms with Crippen LogP contribution in [-0.2, 0) is 0 Å². The fourth-order valence-corrected chi connectivity index (χ4v) is 1.44. The van der Waals surface area contributed by atoms with Crippen molar-refractivity contribution in [3.05, 3.63) is 35.7 Å². The van der Waals surface area contributed by atoms with Crippen LogP contribution in [0.15, 0.2) is 40.7 Å². The van der Waals surface area contributed by atoms with Crippen molar-refractivity contribution in [3.63, 3.8) is 0 Å². The highest BCUT2D eigenvalue weighted by Crippen LogP contribution is 2.20. The normalized spacial score (nSPS) is 15.5. The van der Waals surface area contributed by atoms with Crippen LogP contribution in [0.4, 0.5) is 0 Å². The van der Waals surface area contributed by atoms with Crippen molar-refractivity contribution in [1.82, 2.24) is 10.6 Å². The number of nitrogens with one attached hydrogen (secondary N) is 2. The number of hydrogen-bond acceptors (Lipinski definition) is 4. The van der Waals surface area contributed by atoms with Gasteiger partial charge in [-0.25, -0.2) is 4.99 Å². The minimum absolute atomic E-state index is 0.734. The number of rotatable bonds is 5. The molecule has 0 amide bonds. The van der Waals surface area contributed by atoms with E-state index in [4.69, 9.17) is 0 Å². The van der Waals surface area contributed by atoms with Crippen LogP contribution in [0, 0.1) is 0 Å². The summed E-state index contributed by atoms with van der Waals surface area (Å²) in [4.78, 5) is 4.26. The van der Waals surface area contributed by atoms with E-state index < -0.39 is 0 Å². The Morgan fingerprint density at radius 2 is 2.40 bits per heavy atom. The second-order valence-corrected chi connectivity index (χ2v) is 3.81. The lowest BCUT2D eigenvalue weighted by molar-refractivity contribution is 0.784. The Bertz CT molecular complexity index is 329. The fourth-order valence-electron chi connectivity index (χ4n) is 1.28. The molecule has 0 saturated heterocycles. The van der Waals surface area contributed by atoms with Gasteiger partial charge in [-0.15, -0.1) is 0 Å². The average molecular weight is 223 g/mol. The molecule has 0 fully saturated rings. The summed E-state index contributed by atoms with van der Waals surface area (Å²) < 4.78 is 0. The van der Waals surface area contributed by atoms with Crippen LogP contribution < -0.4 is 10.6 Å². The van der Waals surface area contributed by atoms with E-state index in [1.165, 1.54) is 0 Å². The van der Waals surface area contributed by atoms with E-state index in [1.54, 1.807) is 6.34 Å². The second-order valence-electron chi connectivity index (χ2n) is 3.36. The number of nitrogens with zero attached hydrogens (tertiary/aromatic N) is 1. The Hall–Kier alpha value is -1.00. The molecule has 0 spiro atoms. The summed E-state index contributed by atoms with van der Waals surface area (Å²) in [5, 5.41) is 6.20. The topological polar surface area (TPSA) is 36.4 Å². The third-order valence-electron chi connectivity index (χ3n) is 2.20. The zero-order valence-corrected chi connectivity index (χ0v) is 9.90. The van der Waals surface area contributed by atoms with Gasteiger partial charge in [-0.3, -0.25) is 0 Å². The summed E-state index contributed by atoms with van der Waals surface area (Å²) in [7, 11) is 0. The third kappa shape index (κ3) is 3.25. The summed E-state index contributed by atoms with van der Waals surface area (Å²) >= 11 is 4.12. The molecule has 4 heteroatoms. The molecule has 0 unspecified atom stereocenters. The third-order valence-corrected chi connectivity index (χ3v) is 2.43. The lowest BCUT2D eigenvalue weighted by Crippen LogP contribution is -2.22. The fraction of sp³-hybridized carbons (Fsp3) is 0.364. The molecule has 0 atom stereocenters. The largest absolute Gasteiger partial charge is 0.347 e. The van der Waals surface area contributed by atoms with Crippen LogP contribution in [-0.4, -0.2) is 25.2 Å². The smallest absolute Gasteiger partial charge is 0.0930 e. The first kappa shape index (κ1) is 12.1. The molecule has 0 saturated carbocycles.